The van der Waals surface area contributed by atoms with Crippen molar-refractivity contribution < 1.29 is 4.79 Å². The van der Waals surface area contributed by atoms with Gasteiger partial charge < -0.3 is 14.6 Å². The highest BCUT2D eigenvalue weighted by Gasteiger charge is 2.17. The van der Waals surface area contributed by atoms with Gasteiger partial charge in [-0.2, -0.15) is 5.26 Å². The Morgan fingerprint density at radius 3 is 2.70 bits per heavy atom. The van der Waals surface area contributed by atoms with E-state index in [2.05, 4.69) is 26.1 Å². The molecule has 0 saturated heterocycles. The first-order chi connectivity index (χ1) is 14.6. The van der Waals surface area contributed by atoms with Gasteiger partial charge in [-0.25, -0.2) is 4.98 Å². The van der Waals surface area contributed by atoms with Crippen LogP contribution in [0.1, 0.15) is 16.1 Å². The fraction of sp³-hybridized carbons (Fsp3) is 0.0476. The molecule has 30 heavy (non-hydrogen) atoms. The molecule has 0 fully saturated rings. The monoisotopic (exact) mass is 434 g/mol. The number of rotatable bonds is 5. The molecule has 0 aliphatic heterocycles. The van der Waals surface area contributed by atoms with Gasteiger partial charge in [0.25, 0.3) is 5.91 Å². The number of benzene rings is 2. The number of carbonyl (C=O) groups is 1. The third kappa shape index (κ3) is 3.94. The number of nitriles is 1. The van der Waals surface area contributed by atoms with E-state index in [9.17, 15) is 4.79 Å². The first-order valence-electron chi connectivity index (χ1n) is 8.85. The number of hydrogen-bond donors (Lipinski definition) is 2. The van der Waals surface area contributed by atoms with Crippen LogP contribution in [-0.2, 0) is 7.05 Å². The van der Waals surface area contributed by atoms with Gasteiger partial charge in [-0.1, -0.05) is 11.6 Å². The predicted octanol–water partition coefficient (Wildman–Crippen LogP) is 4.86. The number of halogens is 1. The molecule has 0 saturated carbocycles. The lowest BCUT2D eigenvalue weighted by Gasteiger charge is -2.08. The minimum Gasteiger partial charge on any atom is -0.340 e. The number of amides is 1. The molecule has 7 nitrogen and oxygen atoms in total. The number of nitrogens with one attached hydrogen (secondary N) is 2. The Hall–Kier alpha value is -3.54. The normalized spacial score (nSPS) is 10.6. The van der Waals surface area contributed by atoms with Gasteiger partial charge in [0, 0.05) is 40.9 Å². The summed E-state index contributed by atoms with van der Waals surface area (Å²) in [5.41, 5.74) is 2.28. The molecule has 2 aromatic heterocycles. The molecule has 0 unspecified atom stereocenters. The Balaban J connectivity index is 1.48. The minimum atomic E-state index is -0.263. The second kappa shape index (κ2) is 8.45. The number of aryl methyl sites for hydroxylation is 1. The molecule has 0 radical (unpaired) electrons. The van der Waals surface area contributed by atoms with E-state index >= 15 is 0 Å². The van der Waals surface area contributed by atoms with Crippen molar-refractivity contribution in [2.45, 2.75) is 4.90 Å². The third-order valence-corrected chi connectivity index (χ3v) is 5.69. The second-order valence-electron chi connectivity index (χ2n) is 6.33. The molecular formula is C21H15ClN6OS. The van der Waals surface area contributed by atoms with Crippen LogP contribution < -0.4 is 10.0 Å². The topological polar surface area (TPSA) is 95.6 Å². The molecule has 148 valence electrons. The van der Waals surface area contributed by atoms with Crippen LogP contribution in [0.4, 0.5) is 11.5 Å². The van der Waals surface area contributed by atoms with Gasteiger partial charge in [0.05, 0.1) is 16.8 Å². The number of anilines is 2. The highest BCUT2D eigenvalue weighted by atomic mass is 35.5. The van der Waals surface area contributed by atoms with Crippen molar-refractivity contribution in [2.24, 2.45) is 7.05 Å². The quantitative estimate of drug-likeness (QED) is 0.435. The van der Waals surface area contributed by atoms with Crippen molar-refractivity contribution in [1.82, 2.24) is 14.5 Å². The molecule has 2 aromatic carbocycles. The van der Waals surface area contributed by atoms with Gasteiger partial charge >= 0.3 is 0 Å². The van der Waals surface area contributed by atoms with Gasteiger partial charge in [-0.15, -0.1) is 0 Å². The van der Waals surface area contributed by atoms with Gasteiger partial charge in [-0.05, 0) is 54.4 Å². The van der Waals surface area contributed by atoms with E-state index in [0.717, 1.165) is 10.4 Å². The van der Waals surface area contributed by atoms with Crippen LogP contribution in [0.15, 0.2) is 66.0 Å². The first-order valence-corrected chi connectivity index (χ1v) is 10.0. The van der Waals surface area contributed by atoms with E-state index in [4.69, 9.17) is 16.9 Å². The maximum atomic E-state index is 12.8. The standard InChI is InChI=1S/C21H15ClN6OS/c1-28-17-7-2-13(11-23)20(22)16(17)10-18(28)21(29)26-14-3-5-15(6-4-14)30-27-19-12-24-8-9-25-19/h2-10,12H,1H3,(H,25,27)(H,26,29). The largest absolute Gasteiger partial charge is 0.340 e. The summed E-state index contributed by atoms with van der Waals surface area (Å²) >= 11 is 7.70. The lowest BCUT2D eigenvalue weighted by molar-refractivity contribution is 0.101. The number of hydrogen-bond acceptors (Lipinski definition) is 6. The number of carbonyl (C=O) groups excluding carboxylic acids is 1. The SMILES string of the molecule is Cn1c(C(=O)Nc2ccc(SNc3cnccn3)cc2)cc2c(Cl)c(C#N)ccc21. The van der Waals surface area contributed by atoms with Crippen LogP contribution in [0.3, 0.4) is 0 Å². The molecule has 0 spiro atoms. The molecule has 2 heterocycles. The van der Waals surface area contributed by atoms with E-state index in [1.54, 1.807) is 48.4 Å². The summed E-state index contributed by atoms with van der Waals surface area (Å²) in [5.74, 6) is 0.398. The summed E-state index contributed by atoms with van der Waals surface area (Å²) in [4.78, 5) is 21.9. The first kappa shape index (κ1) is 19.8. The summed E-state index contributed by atoms with van der Waals surface area (Å²) in [6.07, 6.45) is 4.86. The average molecular weight is 435 g/mol. The molecule has 0 aliphatic rings. The van der Waals surface area contributed by atoms with Crippen LogP contribution in [0.2, 0.25) is 5.02 Å². The highest BCUT2D eigenvalue weighted by Crippen LogP contribution is 2.30. The van der Waals surface area contributed by atoms with E-state index in [-0.39, 0.29) is 5.91 Å². The van der Waals surface area contributed by atoms with Crippen molar-refractivity contribution in [3.63, 3.8) is 0 Å². The Labute approximate surface area is 181 Å². The molecular weight excluding hydrogens is 420 g/mol. The Morgan fingerprint density at radius 1 is 1.20 bits per heavy atom. The third-order valence-electron chi connectivity index (χ3n) is 4.46. The van der Waals surface area contributed by atoms with Crippen molar-refractivity contribution in [3.05, 3.63) is 77.3 Å². The maximum absolute atomic E-state index is 12.8. The summed E-state index contributed by atoms with van der Waals surface area (Å²) in [7, 11) is 1.79. The van der Waals surface area contributed by atoms with Gasteiger partial charge in [-0.3, -0.25) is 9.78 Å². The molecule has 1 amide bonds. The molecule has 2 N–H and O–H groups in total. The van der Waals surface area contributed by atoms with E-state index in [1.165, 1.54) is 11.9 Å². The van der Waals surface area contributed by atoms with Crippen LogP contribution in [0.25, 0.3) is 10.9 Å². The van der Waals surface area contributed by atoms with Gasteiger partial charge in [0.1, 0.15) is 11.8 Å². The van der Waals surface area contributed by atoms with Gasteiger partial charge in [0.2, 0.25) is 0 Å². The molecule has 4 aromatic rings. The molecule has 9 heteroatoms. The predicted molar refractivity (Wildman–Crippen MR) is 119 cm³/mol. The van der Waals surface area contributed by atoms with Crippen LogP contribution >= 0.6 is 23.5 Å². The number of nitrogens with zero attached hydrogens (tertiary/aromatic N) is 4. The molecule has 0 aliphatic carbocycles. The van der Waals surface area contributed by atoms with Crippen LogP contribution in [0, 0.1) is 11.3 Å². The number of aromatic nitrogens is 3. The lowest BCUT2D eigenvalue weighted by Crippen LogP contribution is -2.15. The Bertz CT molecular complexity index is 1260. The van der Waals surface area contributed by atoms with Crippen molar-refractivity contribution in [2.75, 3.05) is 10.0 Å². The van der Waals surface area contributed by atoms with Crippen molar-refractivity contribution >= 4 is 51.9 Å². The zero-order valence-electron chi connectivity index (χ0n) is 15.8. The average Bonchev–Trinajstić information content (AvgIpc) is 3.12. The summed E-state index contributed by atoms with van der Waals surface area (Å²) in [6.45, 7) is 0. The fourth-order valence-corrected chi connectivity index (χ4v) is 3.80. The van der Waals surface area contributed by atoms with Crippen molar-refractivity contribution in [1.29, 1.82) is 5.26 Å². The highest BCUT2D eigenvalue weighted by molar-refractivity contribution is 8.00. The lowest BCUT2D eigenvalue weighted by atomic mass is 10.1. The zero-order valence-corrected chi connectivity index (χ0v) is 17.3. The smallest absolute Gasteiger partial charge is 0.272 e. The maximum Gasteiger partial charge on any atom is 0.272 e. The summed E-state index contributed by atoms with van der Waals surface area (Å²) in [5, 5.41) is 13.1. The van der Waals surface area contributed by atoms with Crippen LogP contribution in [0.5, 0.6) is 0 Å². The van der Waals surface area contributed by atoms with E-state index in [1.807, 2.05) is 24.3 Å². The fourth-order valence-electron chi connectivity index (χ4n) is 2.94. The van der Waals surface area contributed by atoms with Crippen molar-refractivity contribution in [3.8, 4) is 6.07 Å². The number of fused-ring (bicyclic) bond motifs is 1. The Kier molecular flexibility index (Phi) is 5.57. The van der Waals surface area contributed by atoms with E-state index in [0.29, 0.717) is 33.2 Å². The summed E-state index contributed by atoms with van der Waals surface area (Å²) in [6, 6.07) is 14.6. The van der Waals surface area contributed by atoms with Crippen LogP contribution in [-0.4, -0.2) is 20.4 Å². The summed E-state index contributed by atoms with van der Waals surface area (Å²) < 4.78 is 4.86. The molecule has 4 rings (SSSR count). The Morgan fingerprint density at radius 2 is 2.00 bits per heavy atom. The molecule has 0 atom stereocenters. The molecule has 0 bridgehead atoms. The second-order valence-corrected chi connectivity index (χ2v) is 7.59. The van der Waals surface area contributed by atoms with Gasteiger partial charge in [0.15, 0.2) is 5.82 Å². The van der Waals surface area contributed by atoms with E-state index < -0.39 is 0 Å². The zero-order chi connectivity index (χ0) is 21.1. The minimum absolute atomic E-state index is 0.263.